The molecule has 0 aliphatic carbocycles. The van der Waals surface area contributed by atoms with Crippen molar-refractivity contribution in [3.63, 3.8) is 0 Å². The molecule has 0 fully saturated rings. The highest BCUT2D eigenvalue weighted by Crippen LogP contribution is 2.23. The Morgan fingerprint density at radius 1 is 1.00 bits per heavy atom. The van der Waals surface area contributed by atoms with Gasteiger partial charge in [-0.2, -0.15) is 0 Å². The van der Waals surface area contributed by atoms with Gasteiger partial charge in [0.25, 0.3) is 15.9 Å². The maximum atomic E-state index is 12.6. The first-order valence-electron chi connectivity index (χ1n) is 8.63. The molecule has 0 spiro atoms. The van der Waals surface area contributed by atoms with Crippen LogP contribution in [0.2, 0.25) is 5.02 Å². The van der Waals surface area contributed by atoms with E-state index >= 15 is 0 Å². The van der Waals surface area contributed by atoms with Crippen LogP contribution < -0.4 is 14.8 Å². The van der Waals surface area contributed by atoms with Crippen LogP contribution in [0.4, 0.5) is 11.4 Å². The van der Waals surface area contributed by atoms with E-state index in [9.17, 15) is 13.2 Å². The molecule has 0 aliphatic rings. The smallest absolute Gasteiger partial charge is 0.261 e. The topological polar surface area (TPSA) is 84.5 Å². The summed E-state index contributed by atoms with van der Waals surface area (Å²) in [6.07, 6.45) is 0. The molecule has 3 aromatic rings. The quantitative estimate of drug-likeness (QED) is 0.593. The van der Waals surface area contributed by atoms with Crippen LogP contribution in [0.1, 0.15) is 15.9 Å². The van der Waals surface area contributed by atoms with Gasteiger partial charge in [-0.15, -0.1) is 0 Å². The maximum absolute atomic E-state index is 12.6. The summed E-state index contributed by atoms with van der Waals surface area (Å²) in [4.78, 5) is 12.7. The highest BCUT2D eigenvalue weighted by atomic mass is 35.5. The molecule has 3 aromatic carbocycles. The number of aryl methyl sites for hydroxylation is 1. The van der Waals surface area contributed by atoms with Gasteiger partial charge in [-0.05, 0) is 61.0 Å². The van der Waals surface area contributed by atoms with E-state index in [1.54, 1.807) is 50.4 Å². The van der Waals surface area contributed by atoms with Gasteiger partial charge in [-0.1, -0.05) is 23.7 Å². The molecule has 0 unspecified atom stereocenters. The van der Waals surface area contributed by atoms with E-state index in [1.165, 1.54) is 30.3 Å². The lowest BCUT2D eigenvalue weighted by Gasteiger charge is -2.13. The lowest BCUT2D eigenvalue weighted by atomic mass is 10.1. The minimum Gasteiger partial charge on any atom is -0.497 e. The molecule has 2 N–H and O–H groups in total. The number of carbonyl (C=O) groups is 1. The summed E-state index contributed by atoms with van der Waals surface area (Å²) in [6.45, 7) is 1.75. The maximum Gasteiger partial charge on any atom is 0.261 e. The SMILES string of the molecule is COc1cccc(NC(=O)c2ccc(C)c(NS(=O)(=O)c3ccc(Cl)cc3)c2)c1. The van der Waals surface area contributed by atoms with Gasteiger partial charge in [0, 0.05) is 22.3 Å². The number of hydrogen-bond acceptors (Lipinski definition) is 4. The van der Waals surface area contributed by atoms with Crippen molar-refractivity contribution in [2.45, 2.75) is 11.8 Å². The Kier molecular flexibility index (Phi) is 6.10. The zero-order chi connectivity index (χ0) is 21.0. The van der Waals surface area contributed by atoms with Crippen LogP contribution in [0.3, 0.4) is 0 Å². The summed E-state index contributed by atoms with van der Waals surface area (Å²) in [5, 5.41) is 3.21. The fourth-order valence-electron chi connectivity index (χ4n) is 2.59. The first kappa shape index (κ1) is 20.7. The molecule has 0 bridgehead atoms. The van der Waals surface area contributed by atoms with Crippen molar-refractivity contribution < 1.29 is 17.9 Å². The molecule has 0 aromatic heterocycles. The Balaban J connectivity index is 1.83. The van der Waals surface area contributed by atoms with Crippen molar-refractivity contribution in [1.29, 1.82) is 0 Å². The van der Waals surface area contributed by atoms with Gasteiger partial charge < -0.3 is 10.1 Å². The standard InChI is InChI=1S/C21H19ClN2O4S/c1-14-6-7-15(21(25)23-17-4-3-5-18(13-17)28-2)12-20(14)24-29(26,27)19-10-8-16(22)9-11-19/h3-13,24H,1-2H3,(H,23,25). The van der Waals surface area contributed by atoms with Crippen molar-refractivity contribution in [3.8, 4) is 5.75 Å². The molecule has 0 heterocycles. The van der Waals surface area contributed by atoms with Crippen molar-refractivity contribution in [2.75, 3.05) is 17.1 Å². The number of nitrogens with one attached hydrogen (secondary N) is 2. The van der Waals surface area contributed by atoms with Gasteiger partial charge in [0.2, 0.25) is 0 Å². The van der Waals surface area contributed by atoms with Gasteiger partial charge in [-0.3, -0.25) is 9.52 Å². The zero-order valence-corrected chi connectivity index (χ0v) is 17.3. The summed E-state index contributed by atoms with van der Waals surface area (Å²) in [6, 6.07) is 17.6. The molecule has 0 radical (unpaired) electrons. The van der Waals surface area contributed by atoms with Crippen LogP contribution in [0.5, 0.6) is 5.75 Å². The minimum absolute atomic E-state index is 0.0764. The number of amides is 1. The van der Waals surface area contributed by atoms with E-state index in [0.717, 1.165) is 0 Å². The molecule has 0 atom stereocenters. The van der Waals surface area contributed by atoms with E-state index < -0.39 is 10.0 Å². The predicted octanol–water partition coefficient (Wildman–Crippen LogP) is 4.71. The average Bonchev–Trinajstić information content (AvgIpc) is 2.70. The van der Waals surface area contributed by atoms with Gasteiger partial charge in [0.15, 0.2) is 0 Å². The minimum atomic E-state index is -3.82. The normalized spacial score (nSPS) is 11.0. The van der Waals surface area contributed by atoms with Crippen LogP contribution in [-0.4, -0.2) is 21.4 Å². The molecule has 150 valence electrons. The molecule has 1 amide bonds. The van der Waals surface area contributed by atoms with Crippen LogP contribution >= 0.6 is 11.6 Å². The summed E-state index contributed by atoms with van der Waals surface area (Å²) in [7, 11) is -2.28. The number of anilines is 2. The zero-order valence-electron chi connectivity index (χ0n) is 15.8. The van der Waals surface area contributed by atoms with Crippen LogP contribution in [0, 0.1) is 6.92 Å². The fraction of sp³-hybridized carbons (Fsp3) is 0.0952. The lowest BCUT2D eigenvalue weighted by Crippen LogP contribution is -2.16. The van der Waals surface area contributed by atoms with E-state index in [-0.39, 0.29) is 10.8 Å². The highest BCUT2D eigenvalue weighted by Gasteiger charge is 2.17. The van der Waals surface area contributed by atoms with Crippen molar-refractivity contribution in [3.05, 3.63) is 82.9 Å². The largest absolute Gasteiger partial charge is 0.497 e. The molecule has 29 heavy (non-hydrogen) atoms. The predicted molar refractivity (Wildman–Crippen MR) is 114 cm³/mol. The number of sulfonamides is 1. The van der Waals surface area contributed by atoms with Gasteiger partial charge in [-0.25, -0.2) is 8.42 Å². The fourth-order valence-corrected chi connectivity index (χ4v) is 3.84. The number of halogens is 1. The second-order valence-corrected chi connectivity index (χ2v) is 8.39. The van der Waals surface area contributed by atoms with Gasteiger partial charge in [0.1, 0.15) is 5.75 Å². The summed E-state index contributed by atoms with van der Waals surface area (Å²) in [5.41, 5.74) is 1.88. The second kappa shape index (κ2) is 8.55. The molecule has 0 aliphatic heterocycles. The van der Waals surface area contributed by atoms with Crippen LogP contribution in [0.15, 0.2) is 71.6 Å². The molecule has 6 nitrogen and oxygen atoms in total. The molecule has 3 rings (SSSR count). The highest BCUT2D eigenvalue weighted by molar-refractivity contribution is 7.92. The average molecular weight is 431 g/mol. The van der Waals surface area contributed by atoms with Gasteiger partial charge in [0.05, 0.1) is 17.7 Å². The van der Waals surface area contributed by atoms with Crippen molar-refractivity contribution in [1.82, 2.24) is 0 Å². The Hall–Kier alpha value is -3.03. The van der Waals surface area contributed by atoms with Gasteiger partial charge >= 0.3 is 0 Å². The van der Waals surface area contributed by atoms with E-state index in [4.69, 9.17) is 16.3 Å². The van der Waals surface area contributed by atoms with E-state index in [1.807, 2.05) is 0 Å². The lowest BCUT2D eigenvalue weighted by molar-refractivity contribution is 0.102. The molecule has 8 heteroatoms. The van der Waals surface area contributed by atoms with Crippen LogP contribution in [-0.2, 0) is 10.0 Å². The Labute approximate surface area is 174 Å². The van der Waals surface area contributed by atoms with Crippen LogP contribution in [0.25, 0.3) is 0 Å². The second-order valence-electron chi connectivity index (χ2n) is 6.28. The molecule has 0 saturated heterocycles. The van der Waals surface area contributed by atoms with E-state index in [0.29, 0.717) is 33.3 Å². The number of carbonyl (C=O) groups excluding carboxylic acids is 1. The monoisotopic (exact) mass is 430 g/mol. The Morgan fingerprint density at radius 3 is 2.41 bits per heavy atom. The first-order chi connectivity index (χ1) is 13.8. The first-order valence-corrected chi connectivity index (χ1v) is 10.5. The number of rotatable bonds is 6. The Bertz CT molecular complexity index is 1150. The summed E-state index contributed by atoms with van der Waals surface area (Å²) < 4.78 is 33.0. The summed E-state index contributed by atoms with van der Waals surface area (Å²) >= 11 is 5.82. The number of methoxy groups -OCH3 is 1. The Morgan fingerprint density at radius 2 is 1.72 bits per heavy atom. The van der Waals surface area contributed by atoms with Crippen molar-refractivity contribution >= 4 is 38.9 Å². The molecular weight excluding hydrogens is 412 g/mol. The number of hydrogen-bond donors (Lipinski definition) is 2. The third kappa shape index (κ3) is 5.07. The van der Waals surface area contributed by atoms with E-state index in [2.05, 4.69) is 10.0 Å². The third-order valence-electron chi connectivity index (χ3n) is 4.20. The summed E-state index contributed by atoms with van der Waals surface area (Å²) in [5.74, 6) is 0.244. The number of benzene rings is 3. The molecule has 0 saturated carbocycles. The molecular formula is C21H19ClN2O4S. The van der Waals surface area contributed by atoms with Crippen molar-refractivity contribution in [2.24, 2.45) is 0 Å². The number of ether oxygens (including phenoxy) is 1. The third-order valence-corrected chi connectivity index (χ3v) is 5.83.